The van der Waals surface area contributed by atoms with Crippen LogP contribution in [0.2, 0.25) is 0 Å². The summed E-state index contributed by atoms with van der Waals surface area (Å²) in [6.45, 7) is 11.0. The molecule has 0 spiro atoms. The van der Waals surface area contributed by atoms with Gasteiger partial charge in [0.25, 0.3) is 0 Å². The standard InChI is InChI=1S/C16H33N/c1-4-5-6-7-8-9-10-11-12-13-17-14-16(2,3)15-17/h4-15H2,1-3H3. The van der Waals surface area contributed by atoms with Gasteiger partial charge in [0.2, 0.25) is 0 Å². The third-order valence-electron chi connectivity index (χ3n) is 3.88. The molecule has 0 aromatic carbocycles. The SMILES string of the molecule is CCCCCCCCCCCN1CC(C)(C)C1. The fourth-order valence-corrected chi connectivity index (χ4v) is 2.97. The van der Waals surface area contributed by atoms with Crippen LogP contribution in [0.15, 0.2) is 0 Å². The Morgan fingerprint density at radius 3 is 1.71 bits per heavy atom. The van der Waals surface area contributed by atoms with Gasteiger partial charge in [0.05, 0.1) is 0 Å². The number of hydrogen-bond acceptors (Lipinski definition) is 1. The first kappa shape index (κ1) is 15.0. The fourth-order valence-electron chi connectivity index (χ4n) is 2.97. The van der Waals surface area contributed by atoms with E-state index in [1.54, 1.807) is 0 Å². The fraction of sp³-hybridized carbons (Fsp3) is 1.00. The lowest BCUT2D eigenvalue weighted by atomic mass is 9.84. The number of hydrogen-bond donors (Lipinski definition) is 0. The predicted molar refractivity (Wildman–Crippen MR) is 77.4 cm³/mol. The maximum atomic E-state index is 2.61. The highest BCUT2D eigenvalue weighted by Crippen LogP contribution is 2.28. The van der Waals surface area contributed by atoms with E-state index in [2.05, 4.69) is 25.7 Å². The molecule has 0 aliphatic carbocycles. The summed E-state index contributed by atoms with van der Waals surface area (Å²) in [5.41, 5.74) is 0.610. The number of nitrogens with zero attached hydrogens (tertiary/aromatic N) is 1. The van der Waals surface area contributed by atoms with Crippen LogP contribution in [0.5, 0.6) is 0 Å². The van der Waals surface area contributed by atoms with Gasteiger partial charge in [-0.25, -0.2) is 0 Å². The van der Waals surface area contributed by atoms with Crippen molar-refractivity contribution in [1.82, 2.24) is 4.90 Å². The molecule has 1 heteroatoms. The van der Waals surface area contributed by atoms with Gasteiger partial charge in [0.1, 0.15) is 0 Å². The topological polar surface area (TPSA) is 3.24 Å². The van der Waals surface area contributed by atoms with E-state index in [0.717, 1.165) is 0 Å². The highest BCUT2D eigenvalue weighted by atomic mass is 15.2. The summed E-state index contributed by atoms with van der Waals surface area (Å²) in [7, 11) is 0. The lowest BCUT2D eigenvalue weighted by Crippen LogP contribution is -2.52. The second-order valence-electron chi connectivity index (χ2n) is 6.70. The van der Waals surface area contributed by atoms with Crippen LogP contribution in [0.4, 0.5) is 0 Å². The minimum Gasteiger partial charge on any atom is -0.302 e. The van der Waals surface area contributed by atoms with Crippen molar-refractivity contribution < 1.29 is 0 Å². The molecule has 0 atom stereocenters. The van der Waals surface area contributed by atoms with Gasteiger partial charge in [-0.3, -0.25) is 0 Å². The molecule has 17 heavy (non-hydrogen) atoms. The van der Waals surface area contributed by atoms with Crippen molar-refractivity contribution in [3.8, 4) is 0 Å². The van der Waals surface area contributed by atoms with Gasteiger partial charge in [0.15, 0.2) is 0 Å². The number of unbranched alkanes of at least 4 members (excludes halogenated alkanes) is 8. The van der Waals surface area contributed by atoms with Crippen LogP contribution in [-0.2, 0) is 0 Å². The highest BCUT2D eigenvalue weighted by molar-refractivity contribution is 4.87. The molecule has 0 radical (unpaired) electrons. The Kier molecular flexibility index (Phi) is 7.18. The second-order valence-corrected chi connectivity index (χ2v) is 6.70. The smallest absolute Gasteiger partial charge is 0.00452 e. The molecule has 1 heterocycles. The summed E-state index contributed by atoms with van der Waals surface area (Å²) in [4.78, 5) is 2.61. The van der Waals surface area contributed by atoms with Crippen molar-refractivity contribution >= 4 is 0 Å². The Morgan fingerprint density at radius 1 is 0.765 bits per heavy atom. The molecule has 0 saturated carbocycles. The summed E-state index contributed by atoms with van der Waals surface area (Å²) in [5, 5.41) is 0. The Morgan fingerprint density at radius 2 is 1.24 bits per heavy atom. The van der Waals surface area contributed by atoms with Crippen LogP contribution in [0, 0.1) is 5.41 Å². The highest BCUT2D eigenvalue weighted by Gasteiger charge is 2.32. The molecule has 0 bridgehead atoms. The van der Waals surface area contributed by atoms with Gasteiger partial charge >= 0.3 is 0 Å². The van der Waals surface area contributed by atoms with Gasteiger partial charge < -0.3 is 4.90 Å². The normalized spacial score (nSPS) is 19.2. The quantitative estimate of drug-likeness (QED) is 0.492. The van der Waals surface area contributed by atoms with E-state index in [1.807, 2.05) is 0 Å². The average Bonchev–Trinajstić information content (AvgIpc) is 2.24. The average molecular weight is 239 g/mol. The van der Waals surface area contributed by atoms with Gasteiger partial charge in [-0.05, 0) is 18.4 Å². The third kappa shape index (κ3) is 7.08. The summed E-state index contributed by atoms with van der Waals surface area (Å²) in [5.74, 6) is 0. The largest absolute Gasteiger partial charge is 0.302 e. The number of likely N-dealkylation sites (tertiary alicyclic amines) is 1. The lowest BCUT2D eigenvalue weighted by molar-refractivity contribution is 0.0299. The van der Waals surface area contributed by atoms with Crippen molar-refractivity contribution in [3.05, 3.63) is 0 Å². The van der Waals surface area contributed by atoms with Gasteiger partial charge in [-0.15, -0.1) is 0 Å². The molecule has 0 amide bonds. The van der Waals surface area contributed by atoms with E-state index < -0.39 is 0 Å². The van der Waals surface area contributed by atoms with Crippen molar-refractivity contribution in [2.75, 3.05) is 19.6 Å². The van der Waals surface area contributed by atoms with Crippen LogP contribution >= 0.6 is 0 Å². The monoisotopic (exact) mass is 239 g/mol. The molecule has 0 aromatic rings. The molecule has 1 rings (SSSR count). The van der Waals surface area contributed by atoms with Crippen molar-refractivity contribution in [1.29, 1.82) is 0 Å². The zero-order valence-electron chi connectivity index (χ0n) is 12.4. The molecule has 1 fully saturated rings. The van der Waals surface area contributed by atoms with E-state index in [9.17, 15) is 0 Å². The van der Waals surface area contributed by atoms with Crippen LogP contribution in [0.1, 0.15) is 78.6 Å². The first-order valence-electron chi connectivity index (χ1n) is 7.86. The molecule has 0 N–H and O–H groups in total. The molecule has 1 aliphatic rings. The molecular formula is C16H33N. The maximum Gasteiger partial charge on any atom is 0.00452 e. The maximum absolute atomic E-state index is 2.61. The van der Waals surface area contributed by atoms with E-state index >= 15 is 0 Å². The molecule has 1 saturated heterocycles. The van der Waals surface area contributed by atoms with Crippen LogP contribution in [0.25, 0.3) is 0 Å². The Labute approximate surface area is 109 Å². The van der Waals surface area contributed by atoms with Gasteiger partial charge in [0, 0.05) is 13.1 Å². The van der Waals surface area contributed by atoms with E-state index in [1.165, 1.54) is 77.4 Å². The molecule has 1 aliphatic heterocycles. The van der Waals surface area contributed by atoms with Gasteiger partial charge in [-0.2, -0.15) is 0 Å². The minimum absolute atomic E-state index is 0.610. The van der Waals surface area contributed by atoms with Crippen LogP contribution in [-0.4, -0.2) is 24.5 Å². The van der Waals surface area contributed by atoms with E-state index in [4.69, 9.17) is 0 Å². The lowest BCUT2D eigenvalue weighted by Gasteiger charge is -2.46. The molecule has 102 valence electrons. The Bertz CT molecular complexity index is 178. The summed E-state index contributed by atoms with van der Waals surface area (Å²) in [6, 6.07) is 0. The number of rotatable bonds is 10. The van der Waals surface area contributed by atoms with Crippen molar-refractivity contribution in [2.45, 2.75) is 78.6 Å². The second kappa shape index (κ2) is 8.13. The minimum atomic E-state index is 0.610. The molecule has 0 unspecified atom stereocenters. The Balaban J connectivity index is 1.74. The first-order valence-corrected chi connectivity index (χ1v) is 7.86. The Hall–Kier alpha value is -0.0400. The first-order chi connectivity index (χ1) is 8.14. The summed E-state index contributed by atoms with van der Waals surface area (Å²) in [6.07, 6.45) is 13.0. The van der Waals surface area contributed by atoms with E-state index in [-0.39, 0.29) is 0 Å². The molecular weight excluding hydrogens is 206 g/mol. The third-order valence-corrected chi connectivity index (χ3v) is 3.88. The van der Waals surface area contributed by atoms with Gasteiger partial charge in [-0.1, -0.05) is 72.1 Å². The predicted octanol–water partition coefficient (Wildman–Crippen LogP) is 4.86. The van der Waals surface area contributed by atoms with Crippen molar-refractivity contribution in [3.63, 3.8) is 0 Å². The zero-order chi connectivity index (χ0) is 12.6. The summed E-state index contributed by atoms with van der Waals surface area (Å²) < 4.78 is 0. The zero-order valence-corrected chi connectivity index (χ0v) is 12.4. The molecule has 0 aromatic heterocycles. The van der Waals surface area contributed by atoms with Crippen LogP contribution in [0.3, 0.4) is 0 Å². The summed E-state index contributed by atoms with van der Waals surface area (Å²) >= 11 is 0. The van der Waals surface area contributed by atoms with E-state index in [0.29, 0.717) is 5.41 Å². The van der Waals surface area contributed by atoms with Crippen LogP contribution < -0.4 is 0 Å². The molecule has 1 nitrogen and oxygen atoms in total. The van der Waals surface area contributed by atoms with Crippen molar-refractivity contribution in [2.24, 2.45) is 5.41 Å².